The van der Waals surface area contributed by atoms with Crippen LogP contribution in [0.15, 0.2) is 75.5 Å². The molecule has 11 heteroatoms. The number of carbonyl (C=O) groups is 2. The van der Waals surface area contributed by atoms with Crippen molar-refractivity contribution >= 4 is 45.6 Å². The van der Waals surface area contributed by atoms with E-state index in [2.05, 4.69) is 21.6 Å². The Kier molecular flexibility index (Phi) is 8.19. The van der Waals surface area contributed by atoms with E-state index in [1.54, 1.807) is 29.2 Å². The molecular formula is C29H28N6O3S2. The Morgan fingerprint density at radius 1 is 1.25 bits per heavy atom. The van der Waals surface area contributed by atoms with Gasteiger partial charge in [-0.2, -0.15) is 5.26 Å². The molecule has 3 N–H and O–H groups in total. The van der Waals surface area contributed by atoms with Gasteiger partial charge in [0.1, 0.15) is 11.6 Å². The number of hydrogen-bond donors (Lipinski definition) is 2. The number of nitrogens with two attached hydrogens (primary N) is 1. The van der Waals surface area contributed by atoms with E-state index in [1.807, 2.05) is 38.1 Å². The van der Waals surface area contributed by atoms with E-state index in [0.29, 0.717) is 52.2 Å². The van der Waals surface area contributed by atoms with Crippen LogP contribution >= 0.6 is 23.1 Å². The van der Waals surface area contributed by atoms with Gasteiger partial charge >= 0.3 is 0 Å². The van der Waals surface area contributed by atoms with Gasteiger partial charge in [-0.25, -0.2) is 0 Å². The predicted octanol–water partition coefficient (Wildman–Crippen LogP) is 5.28. The van der Waals surface area contributed by atoms with E-state index >= 15 is 0 Å². The quantitative estimate of drug-likeness (QED) is 0.346. The fourth-order valence-electron chi connectivity index (χ4n) is 4.96. The van der Waals surface area contributed by atoms with Crippen LogP contribution in [-0.2, 0) is 9.59 Å². The minimum Gasteiger partial charge on any atom is -0.494 e. The Balaban J connectivity index is 1.37. The molecule has 9 nitrogen and oxygen atoms in total. The molecule has 0 spiro atoms. The van der Waals surface area contributed by atoms with Crippen LogP contribution < -0.4 is 20.7 Å². The van der Waals surface area contributed by atoms with E-state index < -0.39 is 5.92 Å². The van der Waals surface area contributed by atoms with E-state index in [-0.39, 0.29) is 23.3 Å². The molecule has 1 aliphatic carbocycles. The van der Waals surface area contributed by atoms with Crippen molar-refractivity contribution in [1.82, 2.24) is 10.2 Å². The predicted molar refractivity (Wildman–Crippen MR) is 156 cm³/mol. The SMILES string of the molecule is CCOc1ccc(NC(=O)CSc2nnc(N3C(N)=C(C#N)C(c4cccc(C)c4)C4=C3CCCC4=O)s2)cc1. The van der Waals surface area contributed by atoms with E-state index in [4.69, 9.17) is 10.5 Å². The lowest BCUT2D eigenvalue weighted by atomic mass is 9.75. The van der Waals surface area contributed by atoms with Gasteiger partial charge in [0.05, 0.1) is 29.9 Å². The summed E-state index contributed by atoms with van der Waals surface area (Å²) in [6.45, 7) is 4.47. The highest BCUT2D eigenvalue weighted by Gasteiger charge is 2.41. The topological polar surface area (TPSA) is 134 Å². The molecule has 5 rings (SSSR count). The molecule has 0 saturated carbocycles. The molecule has 0 bridgehead atoms. The van der Waals surface area contributed by atoms with Crippen molar-refractivity contribution in [2.45, 2.75) is 43.4 Å². The van der Waals surface area contributed by atoms with Gasteiger partial charge in [-0.1, -0.05) is 52.9 Å². The number of Topliss-reactive ketones (excluding diaryl/α,β-unsaturated/α-hetero) is 1. The number of allylic oxidation sites excluding steroid dienone is 3. The summed E-state index contributed by atoms with van der Waals surface area (Å²) >= 11 is 2.53. The maximum atomic E-state index is 13.3. The van der Waals surface area contributed by atoms with Crippen molar-refractivity contribution in [2.75, 3.05) is 22.6 Å². The Hall–Kier alpha value is -4.14. The molecule has 3 aromatic rings. The fraction of sp³-hybridized carbons (Fsp3) is 0.276. The lowest BCUT2D eigenvalue weighted by Gasteiger charge is -2.38. The summed E-state index contributed by atoms with van der Waals surface area (Å²) in [5.74, 6) is 0.450. The molecular weight excluding hydrogens is 544 g/mol. The summed E-state index contributed by atoms with van der Waals surface area (Å²) in [7, 11) is 0. The first kappa shape index (κ1) is 27.4. The Bertz CT molecular complexity index is 1550. The molecule has 0 fully saturated rings. The number of aromatic nitrogens is 2. The molecule has 2 aromatic carbocycles. The average Bonchev–Trinajstić information content (AvgIpc) is 3.41. The van der Waals surface area contributed by atoms with Crippen molar-refractivity contribution in [3.63, 3.8) is 0 Å². The van der Waals surface area contributed by atoms with Crippen molar-refractivity contribution < 1.29 is 14.3 Å². The number of thioether (sulfide) groups is 1. The third-order valence-corrected chi connectivity index (χ3v) is 8.69. The van der Waals surface area contributed by atoms with Crippen LogP contribution in [0, 0.1) is 18.3 Å². The number of hydrogen-bond acceptors (Lipinski definition) is 10. The lowest BCUT2D eigenvalue weighted by molar-refractivity contribution is -0.116. The van der Waals surface area contributed by atoms with Crippen molar-refractivity contribution in [3.8, 4) is 11.8 Å². The first-order valence-corrected chi connectivity index (χ1v) is 14.7. The summed E-state index contributed by atoms with van der Waals surface area (Å²) in [5, 5.41) is 22.1. The van der Waals surface area contributed by atoms with Gasteiger partial charge < -0.3 is 15.8 Å². The van der Waals surface area contributed by atoms with Gasteiger partial charge in [-0.15, -0.1) is 10.2 Å². The number of nitriles is 1. The maximum absolute atomic E-state index is 13.3. The van der Waals surface area contributed by atoms with E-state index in [1.165, 1.54) is 23.1 Å². The zero-order valence-corrected chi connectivity index (χ0v) is 23.8. The van der Waals surface area contributed by atoms with E-state index in [0.717, 1.165) is 22.6 Å². The monoisotopic (exact) mass is 572 g/mol. The standard InChI is InChI=1S/C29H28N6O3S2/c1-3-38-20-12-10-19(11-13-20)32-24(37)16-39-29-34-33-28(40-29)35-22-8-5-9-23(36)26(22)25(21(15-30)27(35)31)18-7-4-6-17(2)14-18/h4,6-7,10-14,25H,3,5,8-9,16,31H2,1-2H3,(H,32,37). The normalized spacial score (nSPS) is 17.0. The van der Waals surface area contributed by atoms with Crippen molar-refractivity contribution in [1.29, 1.82) is 5.26 Å². The van der Waals surface area contributed by atoms with Crippen LogP contribution in [0.4, 0.5) is 10.8 Å². The highest BCUT2D eigenvalue weighted by molar-refractivity contribution is 8.01. The van der Waals surface area contributed by atoms with Crippen LogP contribution in [0.25, 0.3) is 0 Å². The zero-order chi connectivity index (χ0) is 28.2. The second-order valence-electron chi connectivity index (χ2n) is 9.38. The number of benzene rings is 2. The molecule has 0 radical (unpaired) electrons. The number of amides is 1. The first-order chi connectivity index (χ1) is 19.4. The molecule has 1 unspecified atom stereocenters. The molecule has 40 heavy (non-hydrogen) atoms. The third kappa shape index (κ3) is 5.59. The third-order valence-electron chi connectivity index (χ3n) is 6.65. The number of nitrogens with zero attached hydrogens (tertiary/aromatic N) is 4. The number of nitrogens with one attached hydrogen (secondary N) is 1. The minimum atomic E-state index is -0.517. The second kappa shape index (κ2) is 11.9. The number of carbonyl (C=O) groups excluding carboxylic acids is 2. The Labute approximate surface area is 240 Å². The molecule has 0 saturated heterocycles. The summed E-state index contributed by atoms with van der Waals surface area (Å²) in [6.07, 6.45) is 1.75. The van der Waals surface area contributed by atoms with Gasteiger partial charge in [0, 0.05) is 23.4 Å². The summed E-state index contributed by atoms with van der Waals surface area (Å²) in [6, 6.07) is 17.3. The maximum Gasteiger partial charge on any atom is 0.234 e. The van der Waals surface area contributed by atoms with Gasteiger partial charge in [0.25, 0.3) is 0 Å². The average molecular weight is 573 g/mol. The number of anilines is 2. The molecule has 1 aliphatic heterocycles. The molecule has 1 aromatic heterocycles. The smallest absolute Gasteiger partial charge is 0.234 e. The summed E-state index contributed by atoms with van der Waals surface area (Å²) in [5.41, 5.74) is 10.9. The first-order valence-electron chi connectivity index (χ1n) is 12.9. The minimum absolute atomic E-state index is 0.0167. The molecule has 204 valence electrons. The fourth-order valence-corrected chi connectivity index (χ4v) is 6.65. The Morgan fingerprint density at radius 2 is 2.05 bits per heavy atom. The second-order valence-corrected chi connectivity index (χ2v) is 11.6. The highest BCUT2D eigenvalue weighted by Crippen LogP contribution is 2.47. The molecule has 1 amide bonds. The molecule has 2 heterocycles. The zero-order valence-electron chi connectivity index (χ0n) is 22.1. The van der Waals surface area contributed by atoms with E-state index in [9.17, 15) is 14.9 Å². The number of rotatable bonds is 8. The van der Waals surface area contributed by atoms with Crippen molar-refractivity contribution in [2.24, 2.45) is 5.73 Å². The van der Waals surface area contributed by atoms with Gasteiger partial charge in [-0.3, -0.25) is 14.5 Å². The van der Waals surface area contributed by atoms with Crippen LogP contribution in [0.1, 0.15) is 43.2 Å². The Morgan fingerprint density at radius 3 is 2.77 bits per heavy atom. The van der Waals surface area contributed by atoms with Crippen molar-refractivity contribution in [3.05, 3.63) is 82.3 Å². The number of ether oxygens (including phenoxy) is 1. The summed E-state index contributed by atoms with van der Waals surface area (Å²) in [4.78, 5) is 27.5. The number of aryl methyl sites for hydroxylation is 1. The summed E-state index contributed by atoms with van der Waals surface area (Å²) < 4.78 is 6.01. The van der Waals surface area contributed by atoms with Crippen LogP contribution in [-0.4, -0.2) is 34.2 Å². The largest absolute Gasteiger partial charge is 0.494 e. The van der Waals surface area contributed by atoms with Crippen LogP contribution in [0.5, 0.6) is 5.75 Å². The van der Waals surface area contributed by atoms with Gasteiger partial charge in [0.15, 0.2) is 10.1 Å². The molecule has 1 atom stereocenters. The molecule has 2 aliphatic rings. The number of ketones is 1. The van der Waals surface area contributed by atoms with Crippen LogP contribution in [0.3, 0.4) is 0 Å². The van der Waals surface area contributed by atoms with Gasteiger partial charge in [-0.05, 0) is 56.5 Å². The lowest BCUT2D eigenvalue weighted by Crippen LogP contribution is -2.38. The van der Waals surface area contributed by atoms with Gasteiger partial charge in [0.2, 0.25) is 11.0 Å². The highest BCUT2D eigenvalue weighted by atomic mass is 32.2. The van der Waals surface area contributed by atoms with Crippen LogP contribution in [0.2, 0.25) is 0 Å².